The second-order valence-electron chi connectivity index (χ2n) is 7.16. The van der Waals surface area contributed by atoms with Crippen molar-refractivity contribution in [3.8, 4) is 5.75 Å². The van der Waals surface area contributed by atoms with Gasteiger partial charge in [0.2, 0.25) is 5.91 Å². The molecule has 3 rings (SSSR count). The highest BCUT2D eigenvalue weighted by Crippen LogP contribution is 2.26. The first-order chi connectivity index (χ1) is 12.6. The molecule has 1 aromatic rings. The Morgan fingerprint density at radius 1 is 1.19 bits per heavy atom. The fourth-order valence-electron chi connectivity index (χ4n) is 3.72. The van der Waals surface area contributed by atoms with Gasteiger partial charge in [-0.15, -0.1) is 0 Å². The molecule has 0 radical (unpaired) electrons. The van der Waals surface area contributed by atoms with Gasteiger partial charge >= 0.3 is 6.03 Å². The van der Waals surface area contributed by atoms with Gasteiger partial charge in [0, 0.05) is 25.2 Å². The third-order valence-electron chi connectivity index (χ3n) is 5.28. The Kier molecular flexibility index (Phi) is 5.85. The molecule has 0 spiro atoms. The lowest BCUT2D eigenvalue weighted by Crippen LogP contribution is -2.49. The van der Waals surface area contributed by atoms with Gasteiger partial charge in [0.1, 0.15) is 5.75 Å². The average molecular weight is 360 g/mol. The normalized spacial score (nSPS) is 20.7. The summed E-state index contributed by atoms with van der Waals surface area (Å²) in [6, 6.07) is 5.40. The van der Waals surface area contributed by atoms with Gasteiger partial charge in [0.15, 0.2) is 0 Å². The highest BCUT2D eigenvalue weighted by atomic mass is 16.5. The smallest absolute Gasteiger partial charge is 0.317 e. The minimum absolute atomic E-state index is 0.0460. The molecule has 4 N–H and O–H groups in total. The van der Waals surface area contributed by atoms with E-state index in [1.165, 1.54) is 12.8 Å². The van der Waals surface area contributed by atoms with E-state index in [4.69, 9.17) is 10.5 Å². The lowest BCUT2D eigenvalue weighted by atomic mass is 9.97. The summed E-state index contributed by atoms with van der Waals surface area (Å²) in [6.45, 7) is 1.14. The molecule has 26 heavy (non-hydrogen) atoms. The SMILES string of the molecule is COc1ccc(N)c(NC(=O)C2CCCN(C(=O)NC3CCCC3)C2)c1. The summed E-state index contributed by atoms with van der Waals surface area (Å²) < 4.78 is 5.18. The van der Waals surface area contributed by atoms with Crippen LogP contribution < -0.4 is 21.1 Å². The highest BCUT2D eigenvalue weighted by Gasteiger charge is 2.30. The molecule has 1 heterocycles. The van der Waals surface area contributed by atoms with Crippen molar-refractivity contribution in [1.29, 1.82) is 0 Å². The average Bonchev–Trinajstić information content (AvgIpc) is 3.16. The van der Waals surface area contributed by atoms with E-state index in [1.807, 2.05) is 0 Å². The Labute approximate surface area is 154 Å². The van der Waals surface area contributed by atoms with Crippen LogP contribution in [0.3, 0.4) is 0 Å². The highest BCUT2D eigenvalue weighted by molar-refractivity contribution is 5.96. The number of piperidine rings is 1. The Morgan fingerprint density at radius 3 is 2.69 bits per heavy atom. The van der Waals surface area contributed by atoms with Crippen LogP contribution in [0.15, 0.2) is 18.2 Å². The number of likely N-dealkylation sites (tertiary alicyclic amines) is 1. The monoisotopic (exact) mass is 360 g/mol. The number of carbonyl (C=O) groups excluding carboxylic acids is 2. The van der Waals surface area contributed by atoms with Crippen LogP contribution in [0.5, 0.6) is 5.75 Å². The molecule has 1 aliphatic carbocycles. The van der Waals surface area contributed by atoms with Crippen LogP contribution >= 0.6 is 0 Å². The molecule has 142 valence electrons. The van der Waals surface area contributed by atoms with Crippen molar-refractivity contribution in [3.63, 3.8) is 0 Å². The Morgan fingerprint density at radius 2 is 1.96 bits per heavy atom. The van der Waals surface area contributed by atoms with Crippen LogP contribution in [0.4, 0.5) is 16.2 Å². The van der Waals surface area contributed by atoms with Gasteiger partial charge in [0.25, 0.3) is 0 Å². The fraction of sp³-hybridized carbons (Fsp3) is 0.579. The van der Waals surface area contributed by atoms with Crippen molar-refractivity contribution >= 4 is 23.3 Å². The molecule has 1 aromatic carbocycles. The molecule has 3 amide bonds. The largest absolute Gasteiger partial charge is 0.497 e. The molecular formula is C19H28N4O3. The molecule has 1 saturated carbocycles. The minimum Gasteiger partial charge on any atom is -0.497 e. The van der Waals surface area contributed by atoms with Crippen molar-refractivity contribution in [2.24, 2.45) is 5.92 Å². The van der Waals surface area contributed by atoms with Crippen LogP contribution in [-0.2, 0) is 4.79 Å². The Hall–Kier alpha value is -2.44. The molecule has 7 nitrogen and oxygen atoms in total. The molecular weight excluding hydrogens is 332 g/mol. The summed E-state index contributed by atoms with van der Waals surface area (Å²) in [7, 11) is 1.57. The number of methoxy groups -OCH3 is 1. The van der Waals surface area contributed by atoms with E-state index in [0.717, 1.165) is 25.7 Å². The number of rotatable bonds is 4. The van der Waals surface area contributed by atoms with E-state index >= 15 is 0 Å². The summed E-state index contributed by atoms with van der Waals surface area (Å²) in [5.41, 5.74) is 6.98. The number of ether oxygens (including phenoxy) is 1. The molecule has 1 aliphatic heterocycles. The van der Waals surface area contributed by atoms with Crippen molar-refractivity contribution < 1.29 is 14.3 Å². The summed E-state index contributed by atoms with van der Waals surface area (Å²) in [4.78, 5) is 26.9. The zero-order valence-corrected chi connectivity index (χ0v) is 15.3. The number of nitrogen functional groups attached to an aromatic ring is 1. The number of nitrogens with one attached hydrogen (secondary N) is 2. The fourth-order valence-corrected chi connectivity index (χ4v) is 3.72. The van der Waals surface area contributed by atoms with Crippen molar-refractivity contribution in [2.75, 3.05) is 31.2 Å². The van der Waals surface area contributed by atoms with E-state index in [9.17, 15) is 9.59 Å². The van der Waals surface area contributed by atoms with Crippen LogP contribution in [0.25, 0.3) is 0 Å². The number of nitrogens with two attached hydrogens (primary N) is 1. The van der Waals surface area contributed by atoms with Gasteiger partial charge in [-0.1, -0.05) is 12.8 Å². The lowest BCUT2D eigenvalue weighted by Gasteiger charge is -2.33. The van der Waals surface area contributed by atoms with Gasteiger partial charge in [-0.2, -0.15) is 0 Å². The molecule has 0 aromatic heterocycles. The van der Waals surface area contributed by atoms with Gasteiger partial charge in [-0.25, -0.2) is 4.79 Å². The summed E-state index contributed by atoms with van der Waals surface area (Å²) in [5.74, 6) is 0.294. The maximum absolute atomic E-state index is 12.7. The van der Waals surface area contributed by atoms with Crippen molar-refractivity contribution in [1.82, 2.24) is 10.2 Å². The molecule has 2 aliphatic rings. The molecule has 1 saturated heterocycles. The minimum atomic E-state index is -0.233. The van der Waals surface area contributed by atoms with E-state index in [2.05, 4.69) is 10.6 Å². The first-order valence-electron chi connectivity index (χ1n) is 9.36. The second kappa shape index (κ2) is 8.29. The van der Waals surface area contributed by atoms with Crippen LogP contribution in [-0.4, -0.2) is 43.1 Å². The third kappa shape index (κ3) is 4.39. The Balaban J connectivity index is 1.58. The zero-order valence-electron chi connectivity index (χ0n) is 15.3. The van der Waals surface area contributed by atoms with Gasteiger partial charge in [0.05, 0.1) is 24.4 Å². The number of nitrogens with zero attached hydrogens (tertiary/aromatic N) is 1. The van der Waals surface area contributed by atoms with E-state index in [0.29, 0.717) is 30.2 Å². The number of carbonyl (C=O) groups is 2. The Bertz CT molecular complexity index is 658. The number of benzene rings is 1. The van der Waals surface area contributed by atoms with Crippen molar-refractivity contribution in [2.45, 2.75) is 44.6 Å². The lowest BCUT2D eigenvalue weighted by molar-refractivity contribution is -0.121. The van der Waals surface area contributed by atoms with E-state index in [-0.39, 0.29) is 23.9 Å². The van der Waals surface area contributed by atoms with Gasteiger partial charge in [-0.05, 0) is 37.8 Å². The summed E-state index contributed by atoms with van der Waals surface area (Å²) in [6.07, 6.45) is 6.06. The zero-order chi connectivity index (χ0) is 18.5. The molecule has 1 atom stereocenters. The maximum Gasteiger partial charge on any atom is 0.317 e. The maximum atomic E-state index is 12.7. The molecule has 7 heteroatoms. The number of hydrogen-bond acceptors (Lipinski definition) is 4. The quantitative estimate of drug-likeness (QED) is 0.719. The van der Waals surface area contributed by atoms with Crippen LogP contribution in [0.1, 0.15) is 38.5 Å². The number of amides is 3. The standard InChI is InChI=1S/C19H28N4O3/c1-26-15-8-9-16(20)17(11-15)22-18(24)13-5-4-10-23(12-13)19(25)21-14-6-2-3-7-14/h8-9,11,13-14H,2-7,10,12,20H2,1H3,(H,21,25)(H,22,24). The number of urea groups is 1. The predicted molar refractivity (Wildman–Crippen MR) is 101 cm³/mol. The van der Waals surface area contributed by atoms with Gasteiger partial charge in [-0.3, -0.25) is 4.79 Å². The summed E-state index contributed by atoms with van der Waals surface area (Å²) in [5, 5.41) is 5.99. The van der Waals surface area contributed by atoms with Crippen LogP contribution in [0, 0.1) is 5.92 Å². The molecule has 1 unspecified atom stereocenters. The first kappa shape index (κ1) is 18.4. The first-order valence-corrected chi connectivity index (χ1v) is 9.36. The van der Waals surface area contributed by atoms with Crippen LogP contribution in [0.2, 0.25) is 0 Å². The van der Waals surface area contributed by atoms with E-state index in [1.54, 1.807) is 30.2 Å². The van der Waals surface area contributed by atoms with Crippen molar-refractivity contribution in [3.05, 3.63) is 18.2 Å². The molecule has 2 fully saturated rings. The van der Waals surface area contributed by atoms with Gasteiger partial charge < -0.3 is 26.0 Å². The number of hydrogen-bond donors (Lipinski definition) is 3. The van der Waals surface area contributed by atoms with E-state index < -0.39 is 0 Å². The third-order valence-corrected chi connectivity index (χ3v) is 5.28. The number of anilines is 2. The molecule has 0 bridgehead atoms. The second-order valence-corrected chi connectivity index (χ2v) is 7.16. The topological polar surface area (TPSA) is 96.7 Å². The summed E-state index contributed by atoms with van der Waals surface area (Å²) >= 11 is 0. The predicted octanol–water partition coefficient (Wildman–Crippen LogP) is 2.58.